The molecule has 0 aliphatic carbocycles. The smallest absolute Gasteiger partial charge is 0.215 e. The van der Waals surface area contributed by atoms with Crippen molar-refractivity contribution in [2.75, 3.05) is 37.4 Å². The van der Waals surface area contributed by atoms with E-state index in [2.05, 4.69) is 5.32 Å². The Morgan fingerprint density at radius 3 is 2.56 bits per heavy atom. The molecule has 2 unspecified atom stereocenters. The second-order valence-corrected chi connectivity index (χ2v) is 9.49. The van der Waals surface area contributed by atoms with Crippen molar-refractivity contribution in [2.45, 2.75) is 18.9 Å². The molecule has 2 saturated heterocycles. The molecule has 8 heteroatoms. The van der Waals surface area contributed by atoms with Crippen LogP contribution >= 0.6 is 0 Å². The highest BCUT2D eigenvalue weighted by atomic mass is 32.2. The Bertz CT molecular complexity index is 500. The van der Waals surface area contributed by atoms with Gasteiger partial charge in [-0.3, -0.25) is 0 Å². The SMILES string of the molecule is CS(=O)(=O)CCS(=O)(=O)N1CCCC2CNCC21. The quantitative estimate of drug-likeness (QED) is 0.723. The Balaban J connectivity index is 2.09. The minimum Gasteiger partial charge on any atom is -0.315 e. The van der Waals surface area contributed by atoms with Crippen LogP contribution in [0.1, 0.15) is 12.8 Å². The summed E-state index contributed by atoms with van der Waals surface area (Å²) in [5.41, 5.74) is 0. The molecule has 2 aliphatic heterocycles. The summed E-state index contributed by atoms with van der Waals surface area (Å²) >= 11 is 0. The molecule has 2 heterocycles. The summed E-state index contributed by atoms with van der Waals surface area (Å²) in [4.78, 5) is 0. The molecule has 6 nitrogen and oxygen atoms in total. The normalized spacial score (nSPS) is 30.3. The molecule has 2 rings (SSSR count). The lowest BCUT2D eigenvalue weighted by atomic mass is 9.94. The van der Waals surface area contributed by atoms with Crippen molar-refractivity contribution in [3.05, 3.63) is 0 Å². The van der Waals surface area contributed by atoms with Crippen molar-refractivity contribution >= 4 is 19.9 Å². The van der Waals surface area contributed by atoms with E-state index < -0.39 is 19.9 Å². The van der Waals surface area contributed by atoms with Crippen molar-refractivity contribution in [3.8, 4) is 0 Å². The van der Waals surface area contributed by atoms with E-state index in [4.69, 9.17) is 0 Å². The van der Waals surface area contributed by atoms with Crippen molar-refractivity contribution in [1.29, 1.82) is 0 Å². The molecule has 2 fully saturated rings. The van der Waals surface area contributed by atoms with Crippen LogP contribution in [0.15, 0.2) is 0 Å². The van der Waals surface area contributed by atoms with Crippen molar-refractivity contribution < 1.29 is 16.8 Å². The molecule has 1 N–H and O–H groups in total. The molecule has 106 valence electrons. The minimum absolute atomic E-state index is 0.0170. The first-order valence-electron chi connectivity index (χ1n) is 6.17. The predicted octanol–water partition coefficient (Wildman–Crippen LogP) is -0.955. The van der Waals surface area contributed by atoms with Crippen LogP contribution in [0, 0.1) is 5.92 Å². The van der Waals surface area contributed by atoms with Crippen LogP contribution < -0.4 is 5.32 Å². The van der Waals surface area contributed by atoms with Gasteiger partial charge in [0.1, 0.15) is 9.84 Å². The molecule has 0 amide bonds. The maximum atomic E-state index is 12.2. The van der Waals surface area contributed by atoms with Gasteiger partial charge in [0.05, 0.1) is 11.5 Å². The lowest BCUT2D eigenvalue weighted by molar-refractivity contribution is 0.218. The van der Waals surface area contributed by atoms with Crippen LogP contribution in [-0.2, 0) is 19.9 Å². The zero-order chi connectivity index (χ0) is 13.4. The number of hydrogen-bond acceptors (Lipinski definition) is 5. The van der Waals surface area contributed by atoms with Crippen molar-refractivity contribution in [3.63, 3.8) is 0 Å². The van der Waals surface area contributed by atoms with Crippen LogP contribution in [0.3, 0.4) is 0 Å². The topological polar surface area (TPSA) is 83.5 Å². The maximum Gasteiger partial charge on any atom is 0.215 e. The summed E-state index contributed by atoms with van der Waals surface area (Å²) in [7, 11) is -6.70. The van der Waals surface area contributed by atoms with E-state index in [1.165, 1.54) is 4.31 Å². The van der Waals surface area contributed by atoms with Gasteiger partial charge in [-0.1, -0.05) is 0 Å². The van der Waals surface area contributed by atoms with E-state index in [-0.39, 0.29) is 17.5 Å². The van der Waals surface area contributed by atoms with E-state index in [0.29, 0.717) is 19.0 Å². The van der Waals surface area contributed by atoms with Crippen LogP contribution in [0.25, 0.3) is 0 Å². The summed E-state index contributed by atoms with van der Waals surface area (Å²) in [6.07, 6.45) is 2.98. The van der Waals surface area contributed by atoms with Gasteiger partial charge in [0.15, 0.2) is 0 Å². The second kappa shape index (κ2) is 5.07. The molecule has 0 spiro atoms. The van der Waals surface area contributed by atoms with Crippen LogP contribution in [0.4, 0.5) is 0 Å². The van der Waals surface area contributed by atoms with Gasteiger partial charge < -0.3 is 5.32 Å². The van der Waals surface area contributed by atoms with Crippen molar-refractivity contribution in [1.82, 2.24) is 9.62 Å². The Morgan fingerprint density at radius 1 is 1.17 bits per heavy atom. The van der Waals surface area contributed by atoms with Crippen molar-refractivity contribution in [2.24, 2.45) is 5.92 Å². The first kappa shape index (κ1) is 14.2. The van der Waals surface area contributed by atoms with Gasteiger partial charge in [0.2, 0.25) is 10.0 Å². The van der Waals surface area contributed by atoms with E-state index >= 15 is 0 Å². The molecular weight excluding hydrogens is 276 g/mol. The fourth-order valence-electron chi connectivity index (χ4n) is 2.75. The summed E-state index contributed by atoms with van der Waals surface area (Å²) in [5.74, 6) is -0.210. The Hall–Kier alpha value is -0.180. The fraction of sp³-hybridized carbons (Fsp3) is 1.00. The Labute approximate surface area is 109 Å². The fourth-order valence-corrected chi connectivity index (χ4v) is 6.10. The third-order valence-electron chi connectivity index (χ3n) is 3.70. The van der Waals surface area contributed by atoms with Crippen LogP contribution in [-0.4, -0.2) is 64.6 Å². The minimum atomic E-state index is -3.46. The third-order valence-corrected chi connectivity index (χ3v) is 6.79. The van der Waals surface area contributed by atoms with Gasteiger partial charge in [0.25, 0.3) is 0 Å². The molecule has 0 aromatic carbocycles. The molecule has 18 heavy (non-hydrogen) atoms. The van der Waals surface area contributed by atoms with E-state index in [1.54, 1.807) is 0 Å². The summed E-state index contributed by atoms with van der Waals surface area (Å²) in [5, 5.41) is 3.21. The van der Waals surface area contributed by atoms with Gasteiger partial charge in [0, 0.05) is 25.4 Å². The molecule has 2 aliphatic rings. The maximum absolute atomic E-state index is 12.2. The standard InChI is InChI=1S/C10H20N2O4S2/c1-17(13,14)5-6-18(15,16)12-4-2-3-9-7-11-8-10(9)12/h9-11H,2-8H2,1H3. The lowest BCUT2D eigenvalue weighted by Crippen LogP contribution is -2.49. The number of nitrogens with zero attached hydrogens (tertiary/aromatic N) is 1. The lowest BCUT2D eigenvalue weighted by Gasteiger charge is -2.35. The average molecular weight is 296 g/mol. The average Bonchev–Trinajstić information content (AvgIpc) is 2.73. The summed E-state index contributed by atoms with van der Waals surface area (Å²) in [6.45, 7) is 2.07. The molecule has 0 aromatic heterocycles. The number of rotatable bonds is 4. The summed E-state index contributed by atoms with van der Waals surface area (Å²) < 4.78 is 48.1. The Kier molecular flexibility index (Phi) is 4.01. The number of piperidine rings is 1. The predicted molar refractivity (Wildman–Crippen MR) is 69.6 cm³/mol. The van der Waals surface area contributed by atoms with Gasteiger partial charge in [-0.2, -0.15) is 4.31 Å². The van der Waals surface area contributed by atoms with Crippen LogP contribution in [0.2, 0.25) is 0 Å². The Morgan fingerprint density at radius 2 is 1.89 bits per heavy atom. The number of hydrogen-bond donors (Lipinski definition) is 1. The van der Waals surface area contributed by atoms with Gasteiger partial charge in [-0.05, 0) is 25.3 Å². The van der Waals surface area contributed by atoms with Gasteiger partial charge in [-0.15, -0.1) is 0 Å². The van der Waals surface area contributed by atoms with E-state index in [1.807, 2.05) is 0 Å². The molecule has 0 bridgehead atoms. The van der Waals surface area contributed by atoms with E-state index in [0.717, 1.165) is 25.6 Å². The zero-order valence-corrected chi connectivity index (χ0v) is 12.1. The molecule has 2 atom stereocenters. The van der Waals surface area contributed by atoms with Gasteiger partial charge in [-0.25, -0.2) is 16.8 Å². The zero-order valence-electron chi connectivity index (χ0n) is 10.5. The number of sulfone groups is 1. The molecule has 0 saturated carbocycles. The molecule has 0 aromatic rings. The summed E-state index contributed by atoms with van der Waals surface area (Å²) in [6, 6.07) is 0.0170. The first-order chi connectivity index (χ1) is 8.30. The van der Waals surface area contributed by atoms with Gasteiger partial charge >= 0.3 is 0 Å². The second-order valence-electron chi connectivity index (χ2n) is 5.18. The highest BCUT2D eigenvalue weighted by Crippen LogP contribution is 2.28. The first-order valence-corrected chi connectivity index (χ1v) is 9.84. The number of sulfonamides is 1. The van der Waals surface area contributed by atoms with E-state index in [9.17, 15) is 16.8 Å². The monoisotopic (exact) mass is 296 g/mol. The third kappa shape index (κ3) is 3.23. The van der Waals surface area contributed by atoms with Crippen LogP contribution in [0.5, 0.6) is 0 Å². The molecular formula is C10H20N2O4S2. The molecule has 0 radical (unpaired) electrons. The highest BCUT2D eigenvalue weighted by Gasteiger charge is 2.40. The largest absolute Gasteiger partial charge is 0.315 e. The number of nitrogens with one attached hydrogen (secondary N) is 1. The highest BCUT2D eigenvalue weighted by molar-refractivity contribution is 7.93. The number of fused-ring (bicyclic) bond motifs is 1.